The van der Waals surface area contributed by atoms with Crippen molar-refractivity contribution in [2.45, 2.75) is 12.5 Å². The molecule has 3 aromatic rings. The molecule has 124 valence electrons. The molecule has 1 aliphatic heterocycles. The van der Waals surface area contributed by atoms with Crippen LogP contribution in [-0.4, -0.2) is 26.2 Å². The molecule has 3 heterocycles. The molecule has 8 heteroatoms. The Balaban J connectivity index is 1.99. The molecule has 0 amide bonds. The predicted molar refractivity (Wildman–Crippen MR) is 95.4 cm³/mol. The Labute approximate surface area is 147 Å². The first kappa shape index (κ1) is 15.4. The van der Waals surface area contributed by atoms with Crippen molar-refractivity contribution in [2.75, 3.05) is 6.54 Å². The van der Waals surface area contributed by atoms with E-state index in [-0.39, 0.29) is 16.2 Å². The van der Waals surface area contributed by atoms with Gasteiger partial charge < -0.3 is 15.4 Å². The van der Waals surface area contributed by atoms with Gasteiger partial charge in [-0.2, -0.15) is 0 Å². The average molecular weight is 363 g/mol. The number of aromatic nitrogens is 3. The van der Waals surface area contributed by atoms with Crippen LogP contribution >= 0.6 is 23.8 Å². The van der Waals surface area contributed by atoms with Crippen LogP contribution in [0.25, 0.3) is 10.9 Å². The van der Waals surface area contributed by atoms with Crippen LogP contribution in [0.5, 0.6) is 5.88 Å². The molecule has 2 aromatic heterocycles. The number of H-pyrrole nitrogens is 2. The number of hydrogen-bond donors (Lipinski definition) is 4. The zero-order valence-corrected chi connectivity index (χ0v) is 14.4. The minimum atomic E-state index is -0.439. The summed E-state index contributed by atoms with van der Waals surface area (Å²) in [6.07, 6.45) is 0.816. The molecule has 0 saturated heterocycles. The summed E-state index contributed by atoms with van der Waals surface area (Å²) in [5.74, 6) is -0.134. The number of halogens is 1. The number of aromatic hydroxyl groups is 1. The molecule has 4 N–H and O–H groups in total. The van der Waals surface area contributed by atoms with E-state index in [1.807, 2.05) is 18.2 Å². The molecule has 6 nitrogen and oxygen atoms in total. The van der Waals surface area contributed by atoms with E-state index in [1.54, 1.807) is 7.05 Å². The lowest BCUT2D eigenvalue weighted by molar-refractivity contribution is 0.401. The SMILES string of the molecule is Cn1c(O)c([C@H]2NCCc3c2[nH]c2ccc(Cl)cc32)c(=O)[nH]c1=S. The van der Waals surface area contributed by atoms with Crippen LogP contribution in [-0.2, 0) is 13.5 Å². The van der Waals surface area contributed by atoms with E-state index in [0.29, 0.717) is 11.6 Å². The summed E-state index contributed by atoms with van der Waals surface area (Å²) in [6, 6.07) is 5.23. The van der Waals surface area contributed by atoms with Gasteiger partial charge in [-0.15, -0.1) is 0 Å². The van der Waals surface area contributed by atoms with E-state index in [0.717, 1.165) is 28.6 Å². The zero-order valence-electron chi connectivity index (χ0n) is 12.8. The van der Waals surface area contributed by atoms with Crippen molar-refractivity contribution in [3.8, 4) is 5.88 Å². The van der Waals surface area contributed by atoms with Gasteiger partial charge in [-0.1, -0.05) is 11.6 Å². The second-order valence-electron chi connectivity index (χ2n) is 5.90. The van der Waals surface area contributed by atoms with Crippen molar-refractivity contribution < 1.29 is 5.11 Å². The second-order valence-corrected chi connectivity index (χ2v) is 6.72. The zero-order chi connectivity index (χ0) is 17.0. The molecule has 0 saturated carbocycles. The molecule has 0 fully saturated rings. The third-order valence-corrected chi connectivity index (χ3v) is 5.14. The van der Waals surface area contributed by atoms with Gasteiger partial charge in [0.15, 0.2) is 4.77 Å². The Kier molecular flexibility index (Phi) is 3.52. The predicted octanol–water partition coefficient (Wildman–Crippen LogP) is 2.52. The number of hydrogen-bond acceptors (Lipinski definition) is 4. The lowest BCUT2D eigenvalue weighted by Gasteiger charge is -2.25. The maximum absolute atomic E-state index is 12.4. The van der Waals surface area contributed by atoms with Crippen molar-refractivity contribution in [1.29, 1.82) is 0 Å². The van der Waals surface area contributed by atoms with Crippen LogP contribution < -0.4 is 10.9 Å². The second kappa shape index (κ2) is 5.47. The molecule has 1 aromatic carbocycles. The topological polar surface area (TPSA) is 85.8 Å². The summed E-state index contributed by atoms with van der Waals surface area (Å²) in [6.45, 7) is 0.690. The highest BCUT2D eigenvalue weighted by atomic mass is 35.5. The molecule has 24 heavy (non-hydrogen) atoms. The van der Waals surface area contributed by atoms with E-state index in [9.17, 15) is 9.90 Å². The summed E-state index contributed by atoms with van der Waals surface area (Å²) in [5.41, 5.74) is 2.80. The number of aromatic amines is 2. The maximum Gasteiger partial charge on any atom is 0.260 e. The number of fused-ring (bicyclic) bond motifs is 3. The first-order valence-electron chi connectivity index (χ1n) is 7.53. The summed E-state index contributed by atoms with van der Waals surface area (Å²) >= 11 is 11.2. The standard InChI is InChI=1S/C16H15ClN4O2S/c1-21-15(23)11(14(22)20-16(21)24)13-12-8(4-5-18-13)9-6-7(17)2-3-10(9)19-12/h2-3,6,13,18-19,23H,4-5H2,1H3,(H,20,22,24)/t13-/m1/s1. The molecule has 0 unspecified atom stereocenters. The minimum absolute atomic E-state index is 0.134. The summed E-state index contributed by atoms with van der Waals surface area (Å²) < 4.78 is 1.57. The van der Waals surface area contributed by atoms with Crippen LogP contribution in [0.1, 0.15) is 22.9 Å². The van der Waals surface area contributed by atoms with Gasteiger partial charge in [-0.3, -0.25) is 14.3 Å². The van der Waals surface area contributed by atoms with Gasteiger partial charge >= 0.3 is 0 Å². The maximum atomic E-state index is 12.4. The minimum Gasteiger partial charge on any atom is -0.494 e. The van der Waals surface area contributed by atoms with Gasteiger partial charge in [0.25, 0.3) is 5.56 Å². The highest BCUT2D eigenvalue weighted by molar-refractivity contribution is 7.71. The van der Waals surface area contributed by atoms with Crippen LogP contribution in [0.2, 0.25) is 5.02 Å². The largest absolute Gasteiger partial charge is 0.494 e. The van der Waals surface area contributed by atoms with Crippen LogP contribution in [0.15, 0.2) is 23.0 Å². The molecule has 4 rings (SSSR count). The fourth-order valence-electron chi connectivity index (χ4n) is 3.33. The monoisotopic (exact) mass is 362 g/mol. The smallest absolute Gasteiger partial charge is 0.260 e. The number of nitrogens with one attached hydrogen (secondary N) is 3. The quantitative estimate of drug-likeness (QED) is 0.501. The van der Waals surface area contributed by atoms with Crippen molar-refractivity contribution in [1.82, 2.24) is 19.9 Å². The van der Waals surface area contributed by atoms with Crippen molar-refractivity contribution in [3.05, 3.63) is 55.2 Å². The van der Waals surface area contributed by atoms with Crippen LogP contribution in [0.3, 0.4) is 0 Å². The van der Waals surface area contributed by atoms with Crippen LogP contribution in [0, 0.1) is 4.77 Å². The van der Waals surface area contributed by atoms with Crippen molar-refractivity contribution >= 4 is 34.7 Å². The summed E-state index contributed by atoms with van der Waals surface area (Å²) in [7, 11) is 1.62. The lowest BCUT2D eigenvalue weighted by atomic mass is 9.95. The van der Waals surface area contributed by atoms with Gasteiger partial charge in [0, 0.05) is 35.2 Å². The van der Waals surface area contributed by atoms with E-state index in [1.165, 1.54) is 4.57 Å². The van der Waals surface area contributed by atoms with E-state index >= 15 is 0 Å². The van der Waals surface area contributed by atoms with Gasteiger partial charge in [-0.05, 0) is 42.4 Å². The molecule has 0 bridgehead atoms. The molecule has 1 aliphatic rings. The molecular weight excluding hydrogens is 348 g/mol. The normalized spacial score (nSPS) is 17.2. The number of benzene rings is 1. The third-order valence-electron chi connectivity index (χ3n) is 4.53. The van der Waals surface area contributed by atoms with Crippen molar-refractivity contribution in [3.63, 3.8) is 0 Å². The van der Waals surface area contributed by atoms with Crippen LogP contribution in [0.4, 0.5) is 0 Å². The number of nitrogens with zero attached hydrogens (tertiary/aromatic N) is 1. The summed E-state index contributed by atoms with van der Waals surface area (Å²) in [4.78, 5) is 18.4. The Morgan fingerprint density at radius 1 is 1.38 bits per heavy atom. The highest BCUT2D eigenvalue weighted by Crippen LogP contribution is 2.35. The Hall–Kier alpha value is -2.09. The average Bonchev–Trinajstić information content (AvgIpc) is 2.92. The van der Waals surface area contributed by atoms with E-state index in [4.69, 9.17) is 23.8 Å². The Morgan fingerprint density at radius 3 is 2.96 bits per heavy atom. The van der Waals surface area contributed by atoms with Gasteiger partial charge in [0.05, 0.1) is 6.04 Å². The fraction of sp³-hybridized carbons (Fsp3) is 0.250. The molecule has 1 atom stereocenters. The van der Waals surface area contributed by atoms with Crippen molar-refractivity contribution in [2.24, 2.45) is 7.05 Å². The summed E-state index contributed by atoms with van der Waals surface area (Å²) in [5, 5.41) is 15.5. The molecule has 0 aliphatic carbocycles. The highest BCUT2D eigenvalue weighted by Gasteiger charge is 2.30. The first-order valence-corrected chi connectivity index (χ1v) is 8.31. The molecular formula is C16H15ClN4O2S. The van der Waals surface area contributed by atoms with E-state index in [2.05, 4.69) is 15.3 Å². The first-order chi connectivity index (χ1) is 11.5. The Morgan fingerprint density at radius 2 is 2.17 bits per heavy atom. The lowest BCUT2D eigenvalue weighted by Crippen LogP contribution is -2.35. The molecule has 0 spiro atoms. The molecule has 0 radical (unpaired) electrons. The van der Waals surface area contributed by atoms with Gasteiger partial charge in [0.2, 0.25) is 5.88 Å². The number of rotatable bonds is 1. The Bertz CT molecular complexity index is 1080. The van der Waals surface area contributed by atoms with Gasteiger partial charge in [0.1, 0.15) is 5.56 Å². The van der Waals surface area contributed by atoms with E-state index < -0.39 is 11.6 Å². The van der Waals surface area contributed by atoms with Gasteiger partial charge in [-0.25, -0.2) is 0 Å². The fourth-order valence-corrected chi connectivity index (χ4v) is 3.68. The third kappa shape index (κ3) is 2.20.